The molecule has 0 aromatic heterocycles. The maximum absolute atomic E-state index is 12.1. The van der Waals surface area contributed by atoms with Crippen LogP contribution in [0, 0.1) is 5.92 Å². The Morgan fingerprint density at radius 3 is 2.71 bits per heavy atom. The summed E-state index contributed by atoms with van der Waals surface area (Å²) in [5.74, 6) is -1.01. The van der Waals surface area contributed by atoms with Crippen molar-refractivity contribution < 1.29 is 19.4 Å². The highest BCUT2D eigenvalue weighted by Crippen LogP contribution is 2.28. The average Bonchev–Trinajstić information content (AvgIpc) is 2.41. The summed E-state index contributed by atoms with van der Waals surface area (Å²) in [5.41, 5.74) is 0.542. The summed E-state index contributed by atoms with van der Waals surface area (Å²) in [6.45, 7) is 4.01. The Morgan fingerprint density at radius 2 is 2.14 bits per heavy atom. The van der Waals surface area contributed by atoms with E-state index < -0.39 is 11.9 Å². The number of nitrogens with zero attached hydrogens (tertiary/aromatic N) is 1. The standard InChI is InChI=1S/C14H19BrN2O4/c1-4-21-12-7-10(15)5-6-11(12)16-14(20)17(3)8-9(2)13(18)19/h5-7,9H,4,8H2,1-3H3,(H,16,20)(H,18,19). The van der Waals surface area contributed by atoms with E-state index in [1.54, 1.807) is 32.2 Å². The number of carbonyl (C=O) groups is 2. The zero-order valence-corrected chi connectivity index (χ0v) is 13.8. The first kappa shape index (κ1) is 17.3. The largest absolute Gasteiger partial charge is 0.492 e. The van der Waals surface area contributed by atoms with E-state index in [-0.39, 0.29) is 12.6 Å². The predicted octanol–water partition coefficient (Wildman–Crippen LogP) is 3.03. The Hall–Kier alpha value is -1.76. The molecule has 0 fully saturated rings. The van der Waals surface area contributed by atoms with Crippen LogP contribution in [0.25, 0.3) is 0 Å². The number of halogens is 1. The number of carbonyl (C=O) groups excluding carboxylic acids is 1. The molecule has 1 aromatic carbocycles. The summed E-state index contributed by atoms with van der Waals surface area (Å²) in [5, 5.41) is 11.6. The lowest BCUT2D eigenvalue weighted by molar-refractivity contribution is -0.141. The van der Waals surface area contributed by atoms with E-state index in [1.165, 1.54) is 4.90 Å². The minimum absolute atomic E-state index is 0.127. The van der Waals surface area contributed by atoms with Crippen LogP contribution in [0.1, 0.15) is 13.8 Å². The van der Waals surface area contributed by atoms with Crippen molar-refractivity contribution in [2.45, 2.75) is 13.8 Å². The van der Waals surface area contributed by atoms with Gasteiger partial charge in [0, 0.05) is 18.1 Å². The van der Waals surface area contributed by atoms with Crippen molar-refractivity contribution >= 4 is 33.6 Å². The third kappa shape index (κ3) is 5.26. The molecule has 0 saturated heterocycles. The SMILES string of the molecule is CCOc1cc(Br)ccc1NC(=O)N(C)CC(C)C(=O)O. The maximum Gasteiger partial charge on any atom is 0.321 e. The molecule has 2 amide bonds. The van der Waals surface area contributed by atoms with E-state index in [0.717, 1.165) is 4.47 Å². The van der Waals surface area contributed by atoms with Crippen molar-refractivity contribution in [2.24, 2.45) is 5.92 Å². The molecule has 1 rings (SSSR count). The fourth-order valence-electron chi connectivity index (χ4n) is 1.66. The summed E-state index contributed by atoms with van der Waals surface area (Å²) in [4.78, 5) is 24.2. The van der Waals surface area contributed by atoms with Crippen LogP contribution in [0.2, 0.25) is 0 Å². The summed E-state index contributed by atoms with van der Waals surface area (Å²) in [7, 11) is 1.55. The number of carboxylic acids is 1. The maximum atomic E-state index is 12.1. The van der Waals surface area contributed by atoms with Crippen molar-refractivity contribution in [1.82, 2.24) is 4.90 Å². The molecular formula is C14H19BrN2O4. The molecule has 0 aliphatic heterocycles. The highest BCUT2D eigenvalue weighted by molar-refractivity contribution is 9.10. The van der Waals surface area contributed by atoms with Gasteiger partial charge < -0.3 is 20.1 Å². The van der Waals surface area contributed by atoms with Crippen LogP contribution in [0.3, 0.4) is 0 Å². The number of urea groups is 1. The summed E-state index contributed by atoms with van der Waals surface area (Å²) >= 11 is 3.34. The highest BCUT2D eigenvalue weighted by atomic mass is 79.9. The monoisotopic (exact) mass is 358 g/mol. The van der Waals surface area contributed by atoms with Crippen LogP contribution in [-0.2, 0) is 4.79 Å². The molecule has 0 aliphatic carbocycles. The van der Waals surface area contributed by atoms with Crippen molar-refractivity contribution in [1.29, 1.82) is 0 Å². The number of hydrogen-bond donors (Lipinski definition) is 2. The molecule has 2 N–H and O–H groups in total. The van der Waals surface area contributed by atoms with Crippen molar-refractivity contribution in [3.05, 3.63) is 22.7 Å². The lowest BCUT2D eigenvalue weighted by Gasteiger charge is -2.21. The van der Waals surface area contributed by atoms with Gasteiger partial charge in [0.05, 0.1) is 18.2 Å². The molecule has 7 heteroatoms. The van der Waals surface area contributed by atoms with Gasteiger partial charge in [-0.15, -0.1) is 0 Å². The van der Waals surface area contributed by atoms with E-state index in [0.29, 0.717) is 18.0 Å². The van der Waals surface area contributed by atoms with E-state index in [2.05, 4.69) is 21.2 Å². The topological polar surface area (TPSA) is 78.9 Å². The minimum atomic E-state index is -0.937. The van der Waals surface area contributed by atoms with Gasteiger partial charge in [-0.25, -0.2) is 4.79 Å². The number of aliphatic carboxylic acids is 1. The molecular weight excluding hydrogens is 340 g/mol. The van der Waals surface area contributed by atoms with Gasteiger partial charge in [-0.3, -0.25) is 4.79 Å². The molecule has 1 atom stereocenters. The molecule has 0 saturated carbocycles. The number of anilines is 1. The second-order valence-electron chi connectivity index (χ2n) is 4.62. The molecule has 116 valence electrons. The Balaban J connectivity index is 2.76. The molecule has 0 heterocycles. The summed E-state index contributed by atoms with van der Waals surface area (Å²) in [6, 6.07) is 4.89. The second kappa shape index (κ2) is 7.87. The lowest BCUT2D eigenvalue weighted by atomic mass is 10.2. The molecule has 0 spiro atoms. The van der Waals surface area contributed by atoms with E-state index >= 15 is 0 Å². The first-order chi connectivity index (χ1) is 9.85. The van der Waals surface area contributed by atoms with Crippen LogP contribution >= 0.6 is 15.9 Å². The molecule has 21 heavy (non-hydrogen) atoms. The number of rotatable bonds is 6. The number of benzene rings is 1. The van der Waals surface area contributed by atoms with Gasteiger partial charge in [0.2, 0.25) is 0 Å². The van der Waals surface area contributed by atoms with Gasteiger partial charge in [0.25, 0.3) is 0 Å². The smallest absolute Gasteiger partial charge is 0.321 e. The fourth-order valence-corrected chi connectivity index (χ4v) is 2.00. The third-order valence-electron chi connectivity index (χ3n) is 2.80. The van der Waals surface area contributed by atoms with E-state index in [1.807, 2.05) is 6.92 Å². The van der Waals surface area contributed by atoms with Gasteiger partial charge in [-0.05, 0) is 25.1 Å². The number of carboxylic acid groups (broad SMARTS) is 1. The summed E-state index contributed by atoms with van der Waals surface area (Å²) in [6.07, 6.45) is 0. The normalized spacial score (nSPS) is 11.6. The summed E-state index contributed by atoms with van der Waals surface area (Å²) < 4.78 is 6.30. The zero-order chi connectivity index (χ0) is 16.0. The van der Waals surface area contributed by atoms with E-state index in [4.69, 9.17) is 9.84 Å². The fraction of sp³-hybridized carbons (Fsp3) is 0.429. The molecule has 0 bridgehead atoms. The zero-order valence-electron chi connectivity index (χ0n) is 12.2. The van der Waals surface area contributed by atoms with Gasteiger partial charge in [0.1, 0.15) is 5.75 Å². The van der Waals surface area contributed by atoms with Crippen LogP contribution in [0.5, 0.6) is 5.75 Å². The third-order valence-corrected chi connectivity index (χ3v) is 3.29. The van der Waals surface area contributed by atoms with Crippen LogP contribution in [0.15, 0.2) is 22.7 Å². The molecule has 1 aromatic rings. The van der Waals surface area contributed by atoms with Gasteiger partial charge in [-0.2, -0.15) is 0 Å². The van der Waals surface area contributed by atoms with Gasteiger partial charge in [0.15, 0.2) is 0 Å². The number of ether oxygens (including phenoxy) is 1. The Kier molecular flexibility index (Phi) is 6.48. The first-order valence-electron chi connectivity index (χ1n) is 6.52. The predicted molar refractivity (Wildman–Crippen MR) is 83.8 cm³/mol. The second-order valence-corrected chi connectivity index (χ2v) is 5.54. The average molecular weight is 359 g/mol. The Labute approximate surface area is 132 Å². The van der Waals surface area contributed by atoms with E-state index in [9.17, 15) is 9.59 Å². The van der Waals surface area contributed by atoms with Gasteiger partial charge >= 0.3 is 12.0 Å². The Morgan fingerprint density at radius 1 is 1.48 bits per heavy atom. The first-order valence-corrected chi connectivity index (χ1v) is 7.31. The molecule has 0 radical (unpaired) electrons. The minimum Gasteiger partial charge on any atom is -0.492 e. The quantitative estimate of drug-likeness (QED) is 0.818. The van der Waals surface area contributed by atoms with Crippen molar-refractivity contribution in [3.8, 4) is 5.75 Å². The number of hydrogen-bond acceptors (Lipinski definition) is 3. The lowest BCUT2D eigenvalue weighted by Crippen LogP contribution is -2.36. The molecule has 0 aliphatic rings. The Bertz CT molecular complexity index is 522. The van der Waals surface area contributed by atoms with Crippen molar-refractivity contribution in [2.75, 3.05) is 25.5 Å². The van der Waals surface area contributed by atoms with Crippen LogP contribution in [0.4, 0.5) is 10.5 Å². The molecule has 6 nitrogen and oxygen atoms in total. The number of amides is 2. The molecule has 1 unspecified atom stereocenters. The van der Waals surface area contributed by atoms with Crippen LogP contribution < -0.4 is 10.1 Å². The highest BCUT2D eigenvalue weighted by Gasteiger charge is 2.18. The van der Waals surface area contributed by atoms with Crippen LogP contribution in [-0.4, -0.2) is 42.2 Å². The van der Waals surface area contributed by atoms with Gasteiger partial charge in [-0.1, -0.05) is 22.9 Å². The number of nitrogens with one attached hydrogen (secondary N) is 1. The van der Waals surface area contributed by atoms with Crippen molar-refractivity contribution in [3.63, 3.8) is 0 Å².